The van der Waals surface area contributed by atoms with Crippen molar-refractivity contribution in [1.82, 2.24) is 5.43 Å². The lowest BCUT2D eigenvalue weighted by molar-refractivity contribution is 0.0958. The van der Waals surface area contributed by atoms with E-state index in [0.717, 1.165) is 11.3 Å². The van der Waals surface area contributed by atoms with Gasteiger partial charge >= 0.3 is 0 Å². The molecule has 23 heavy (non-hydrogen) atoms. The lowest BCUT2D eigenvalue weighted by atomic mass is 10.3. The van der Waals surface area contributed by atoms with Crippen LogP contribution in [0.15, 0.2) is 41.5 Å². The summed E-state index contributed by atoms with van der Waals surface area (Å²) in [6.07, 6.45) is -0.913. The number of carbonyl (C=O) groups is 1. The normalized spacial score (nSPS) is 19.3. The van der Waals surface area contributed by atoms with Crippen LogP contribution in [0.25, 0.3) is 0 Å². The van der Waals surface area contributed by atoms with E-state index in [1.165, 1.54) is 22.7 Å². The van der Waals surface area contributed by atoms with Crippen molar-refractivity contribution in [3.05, 3.63) is 51.4 Å². The molecule has 0 saturated carbocycles. The fourth-order valence-electron chi connectivity index (χ4n) is 2.01. The summed E-state index contributed by atoms with van der Waals surface area (Å²) < 4.78 is 14.4. The molecule has 9 heteroatoms. The summed E-state index contributed by atoms with van der Waals surface area (Å²) in [5, 5.41) is 14.4. The molecule has 0 bridgehead atoms. The molecule has 120 valence electrons. The first kappa shape index (κ1) is 16.3. The molecular weight excluding hydrogens is 361 g/mol. The van der Waals surface area contributed by atoms with E-state index < -0.39 is 18.0 Å². The van der Waals surface area contributed by atoms with Gasteiger partial charge in [-0.05, 0) is 24.3 Å². The largest absolute Gasteiger partial charge is 0.372 e. The number of amidine groups is 1. The number of carbonyl (C=O) groups excluding carboxylic acids is 1. The van der Waals surface area contributed by atoms with E-state index in [1.54, 1.807) is 30.3 Å². The number of halogens is 2. The van der Waals surface area contributed by atoms with Crippen LogP contribution in [0.2, 0.25) is 4.34 Å². The number of benzene rings is 1. The second-order valence-corrected chi connectivity index (χ2v) is 7.25. The van der Waals surface area contributed by atoms with Crippen molar-refractivity contribution >= 4 is 51.5 Å². The summed E-state index contributed by atoms with van der Waals surface area (Å²) in [6.45, 7) is 0. The minimum Gasteiger partial charge on any atom is -0.372 e. The van der Waals surface area contributed by atoms with Crippen molar-refractivity contribution in [3.63, 3.8) is 0 Å². The monoisotopic (exact) mass is 371 g/mol. The predicted octanol–water partition coefficient (Wildman–Crippen LogP) is 3.11. The molecule has 3 rings (SSSR count). The highest BCUT2D eigenvalue weighted by Crippen LogP contribution is 2.30. The minimum atomic E-state index is -0.913. The molecule has 1 atom stereocenters. The number of rotatable bonds is 3. The summed E-state index contributed by atoms with van der Waals surface area (Å²) in [4.78, 5) is 13.7. The Kier molecular flexibility index (Phi) is 4.86. The molecule has 1 aliphatic rings. The highest BCUT2D eigenvalue weighted by Gasteiger charge is 2.32. The van der Waals surface area contributed by atoms with Gasteiger partial charge in [-0.15, -0.1) is 16.4 Å². The van der Waals surface area contributed by atoms with Crippen molar-refractivity contribution in [2.45, 2.75) is 6.23 Å². The maximum Gasteiger partial charge on any atom is 0.281 e. The summed E-state index contributed by atoms with van der Waals surface area (Å²) in [5.41, 5.74) is 2.60. The van der Waals surface area contributed by atoms with Gasteiger partial charge in [0.05, 0.1) is 14.9 Å². The second-order valence-electron chi connectivity index (χ2n) is 4.55. The maximum absolute atomic E-state index is 13.9. The molecule has 1 aromatic heterocycles. The second kappa shape index (κ2) is 6.88. The fourth-order valence-corrected chi connectivity index (χ4v) is 3.86. The fraction of sp³-hybridized carbons (Fsp3) is 0.143. The zero-order chi connectivity index (χ0) is 16.4. The van der Waals surface area contributed by atoms with Crippen molar-refractivity contribution < 1.29 is 14.3 Å². The third-order valence-electron chi connectivity index (χ3n) is 3.03. The molecule has 5 nitrogen and oxygen atoms in total. The third-order valence-corrected chi connectivity index (χ3v) is 5.27. The number of thiophene rings is 1. The van der Waals surface area contributed by atoms with Crippen LogP contribution in [0.1, 0.15) is 9.67 Å². The number of anilines is 1. The number of hydrogen-bond donors (Lipinski definition) is 2. The molecular formula is C14H11ClFN3O2S2. The summed E-state index contributed by atoms with van der Waals surface area (Å²) in [6, 6.07) is 9.28. The molecule has 0 spiro atoms. The van der Waals surface area contributed by atoms with Gasteiger partial charge in [0.25, 0.3) is 5.91 Å². The molecule has 0 aliphatic carbocycles. The van der Waals surface area contributed by atoms with Gasteiger partial charge in [-0.1, -0.05) is 35.5 Å². The Morgan fingerprint density at radius 1 is 1.39 bits per heavy atom. The lowest BCUT2D eigenvalue weighted by Crippen LogP contribution is -2.35. The number of nitrogens with one attached hydrogen (secondary N) is 1. The third kappa shape index (κ3) is 3.50. The number of amides is 1. The van der Waals surface area contributed by atoms with Gasteiger partial charge in [-0.25, -0.2) is 9.82 Å². The van der Waals surface area contributed by atoms with Crippen LogP contribution < -0.4 is 10.3 Å². The van der Waals surface area contributed by atoms with Gasteiger partial charge in [-0.3, -0.25) is 9.69 Å². The summed E-state index contributed by atoms with van der Waals surface area (Å²) in [5.74, 6) is -0.559. The Balaban J connectivity index is 1.80. The molecule has 2 aromatic rings. The number of thioether (sulfide) groups is 1. The van der Waals surface area contributed by atoms with E-state index >= 15 is 0 Å². The van der Waals surface area contributed by atoms with Gasteiger partial charge in [0, 0.05) is 5.75 Å². The molecule has 2 N–H and O–H groups in total. The zero-order valence-corrected chi connectivity index (χ0v) is 14.0. The van der Waals surface area contributed by atoms with Crippen molar-refractivity contribution in [2.24, 2.45) is 5.10 Å². The van der Waals surface area contributed by atoms with Gasteiger partial charge in [-0.2, -0.15) is 0 Å². The van der Waals surface area contributed by atoms with E-state index in [9.17, 15) is 14.3 Å². The van der Waals surface area contributed by atoms with Gasteiger partial charge < -0.3 is 5.11 Å². The van der Waals surface area contributed by atoms with Crippen LogP contribution in [0, 0.1) is 5.82 Å². The van der Waals surface area contributed by atoms with E-state index in [2.05, 4.69) is 10.5 Å². The molecule has 1 unspecified atom stereocenters. The summed E-state index contributed by atoms with van der Waals surface area (Å²) in [7, 11) is 0. The smallest absolute Gasteiger partial charge is 0.281 e. The average Bonchev–Trinajstić information content (AvgIpc) is 3.12. The van der Waals surface area contributed by atoms with Crippen LogP contribution in [-0.4, -0.2) is 28.2 Å². The Labute approximate surface area is 144 Å². The van der Waals surface area contributed by atoms with Crippen molar-refractivity contribution in [2.75, 3.05) is 10.7 Å². The number of aliphatic hydroxyl groups excluding tert-OH is 1. The minimum absolute atomic E-state index is 0.206. The quantitative estimate of drug-likeness (QED) is 0.814. The molecule has 1 fully saturated rings. The Bertz CT molecular complexity index is 768. The topological polar surface area (TPSA) is 64.9 Å². The molecule has 1 amide bonds. The highest BCUT2D eigenvalue weighted by molar-refractivity contribution is 8.14. The van der Waals surface area contributed by atoms with Crippen LogP contribution in [-0.2, 0) is 0 Å². The Morgan fingerprint density at radius 3 is 2.87 bits per heavy atom. The number of hydrazone groups is 1. The lowest BCUT2D eigenvalue weighted by Gasteiger charge is -2.22. The number of hydrogen-bond acceptors (Lipinski definition) is 5. The van der Waals surface area contributed by atoms with Gasteiger partial charge in [0.15, 0.2) is 5.17 Å². The molecule has 0 radical (unpaired) electrons. The van der Waals surface area contributed by atoms with Crippen LogP contribution in [0.5, 0.6) is 0 Å². The SMILES string of the molecule is O=C(N/N=C1/SCC(O)N1c1ccccc1F)c1ccc(Cl)s1. The van der Waals surface area contributed by atoms with E-state index in [4.69, 9.17) is 11.6 Å². The van der Waals surface area contributed by atoms with E-state index in [1.807, 2.05) is 0 Å². The molecule has 2 heterocycles. The standard InChI is InChI=1S/C14H11ClFN3O2S2/c15-11-6-5-10(23-11)13(21)17-18-14-19(12(20)7-22-14)9-4-2-1-3-8(9)16/h1-6,12,20H,7H2,(H,17,21)/b18-14+. The number of para-hydroxylation sites is 1. The molecule has 1 aromatic carbocycles. The van der Waals surface area contributed by atoms with Crippen molar-refractivity contribution in [1.29, 1.82) is 0 Å². The average molecular weight is 372 g/mol. The molecule has 1 aliphatic heterocycles. The first-order valence-electron chi connectivity index (χ1n) is 6.54. The predicted molar refractivity (Wildman–Crippen MR) is 91.6 cm³/mol. The van der Waals surface area contributed by atoms with Crippen LogP contribution in [0.4, 0.5) is 10.1 Å². The Morgan fingerprint density at radius 2 is 2.17 bits per heavy atom. The van der Waals surface area contributed by atoms with E-state index in [0.29, 0.717) is 20.1 Å². The van der Waals surface area contributed by atoms with Crippen molar-refractivity contribution in [3.8, 4) is 0 Å². The molecule has 1 saturated heterocycles. The highest BCUT2D eigenvalue weighted by atomic mass is 35.5. The summed E-state index contributed by atoms with van der Waals surface area (Å²) >= 11 is 8.15. The first-order chi connectivity index (χ1) is 11.1. The first-order valence-corrected chi connectivity index (χ1v) is 8.72. The number of aliphatic hydroxyl groups is 1. The zero-order valence-electron chi connectivity index (χ0n) is 11.6. The maximum atomic E-state index is 13.9. The Hall–Kier alpha value is -1.61. The van der Waals surface area contributed by atoms with Gasteiger partial charge in [0.1, 0.15) is 12.0 Å². The van der Waals surface area contributed by atoms with Crippen LogP contribution in [0.3, 0.4) is 0 Å². The van der Waals surface area contributed by atoms with Gasteiger partial charge in [0.2, 0.25) is 0 Å². The van der Waals surface area contributed by atoms with E-state index in [-0.39, 0.29) is 5.69 Å². The number of nitrogens with zero attached hydrogens (tertiary/aromatic N) is 2. The van der Waals surface area contributed by atoms with Crippen LogP contribution >= 0.6 is 34.7 Å².